The number of pyridine rings is 4. The highest BCUT2D eigenvalue weighted by Gasteiger charge is 2.19. The molecule has 0 radical (unpaired) electrons. The van der Waals surface area contributed by atoms with Crippen LogP contribution in [0.2, 0.25) is 0 Å². The average Bonchev–Trinajstić information content (AvgIpc) is 3.80. The van der Waals surface area contributed by atoms with E-state index in [-0.39, 0.29) is 0 Å². The first-order valence-corrected chi connectivity index (χ1v) is 13.8. The van der Waals surface area contributed by atoms with E-state index in [1.807, 2.05) is 109 Å². The van der Waals surface area contributed by atoms with Gasteiger partial charge in [-0.3, -0.25) is 9.97 Å². The van der Waals surface area contributed by atoms with Crippen LogP contribution in [0, 0.1) is 0 Å². The van der Waals surface area contributed by atoms with Crippen molar-refractivity contribution < 1.29 is 8.83 Å². The molecule has 2 aromatic carbocycles. The van der Waals surface area contributed by atoms with Crippen LogP contribution in [-0.2, 0) is 0 Å². The Kier molecular flexibility index (Phi) is 6.19. The summed E-state index contributed by atoms with van der Waals surface area (Å²) in [6, 6.07) is 34.3. The van der Waals surface area contributed by atoms with Crippen molar-refractivity contribution in [1.82, 2.24) is 40.3 Å². The fraction of sp³-hybridized carbons (Fsp3) is 0. The molecule has 208 valence electrons. The lowest BCUT2D eigenvalue weighted by atomic mass is 9.99. The smallest absolute Gasteiger partial charge is 0.266 e. The first-order chi connectivity index (χ1) is 21.8. The summed E-state index contributed by atoms with van der Waals surface area (Å²) in [4.78, 5) is 18.2. The summed E-state index contributed by atoms with van der Waals surface area (Å²) < 4.78 is 12.3. The van der Waals surface area contributed by atoms with E-state index < -0.39 is 0 Å². The molecule has 0 unspecified atom stereocenters. The van der Waals surface area contributed by atoms with Crippen LogP contribution in [0.15, 0.2) is 130 Å². The lowest BCUT2D eigenvalue weighted by Crippen LogP contribution is -1.89. The zero-order valence-corrected chi connectivity index (χ0v) is 22.9. The quantitative estimate of drug-likeness (QED) is 0.202. The predicted octanol–water partition coefficient (Wildman–Crippen LogP) is 7.19. The predicted molar refractivity (Wildman–Crippen MR) is 163 cm³/mol. The largest absolute Gasteiger partial charge is 0.415 e. The summed E-state index contributed by atoms with van der Waals surface area (Å²) in [5.74, 6) is 1.37. The Morgan fingerprint density at radius 3 is 1.20 bits per heavy atom. The van der Waals surface area contributed by atoms with Crippen LogP contribution < -0.4 is 0 Å². The third-order valence-corrected chi connectivity index (χ3v) is 7.03. The average molecular weight is 573 g/mol. The zero-order valence-electron chi connectivity index (χ0n) is 22.9. The molecule has 0 aliphatic carbocycles. The molecule has 8 aromatic rings. The van der Waals surface area contributed by atoms with Crippen LogP contribution in [0.25, 0.3) is 79.6 Å². The third kappa shape index (κ3) is 4.66. The number of nitrogens with zero attached hydrogens (tertiary/aromatic N) is 8. The Morgan fingerprint density at radius 2 is 0.750 bits per heavy atom. The Morgan fingerprint density at radius 1 is 0.341 bits per heavy atom. The minimum atomic E-state index is 0.313. The highest BCUT2D eigenvalue weighted by atomic mass is 16.4. The molecule has 0 saturated carbocycles. The molecule has 44 heavy (non-hydrogen) atoms. The van der Waals surface area contributed by atoms with Crippen molar-refractivity contribution in [2.75, 3.05) is 0 Å². The lowest BCUT2D eigenvalue weighted by molar-refractivity contribution is 0.581. The first-order valence-electron chi connectivity index (χ1n) is 13.8. The van der Waals surface area contributed by atoms with E-state index in [2.05, 4.69) is 30.4 Å². The van der Waals surface area contributed by atoms with Crippen molar-refractivity contribution in [2.24, 2.45) is 0 Å². The Hall–Kier alpha value is -6.42. The van der Waals surface area contributed by atoms with Gasteiger partial charge >= 0.3 is 0 Å². The summed E-state index contributed by atoms with van der Waals surface area (Å²) in [5, 5.41) is 19.1. The van der Waals surface area contributed by atoms with Gasteiger partial charge in [-0.2, -0.15) is 0 Å². The molecule has 8 rings (SSSR count). The SMILES string of the molecule is c1ccc(-c2cccc(-c3nnc(-c4ccc(-c5nnc(-c6cccc(-c7ccccn7)n6)o5)c5ccccc45)o3)n2)nc1. The van der Waals surface area contributed by atoms with Crippen LogP contribution in [0.3, 0.4) is 0 Å². The molecule has 10 heteroatoms. The fourth-order valence-corrected chi connectivity index (χ4v) is 4.96. The van der Waals surface area contributed by atoms with Gasteiger partial charge in [0.25, 0.3) is 11.8 Å². The second kappa shape index (κ2) is 10.8. The molecular weight excluding hydrogens is 552 g/mol. The van der Waals surface area contributed by atoms with Crippen molar-refractivity contribution in [2.45, 2.75) is 0 Å². The zero-order chi connectivity index (χ0) is 29.3. The van der Waals surface area contributed by atoms with E-state index in [0.717, 1.165) is 44.7 Å². The fourth-order valence-electron chi connectivity index (χ4n) is 4.96. The second-order valence-corrected chi connectivity index (χ2v) is 9.78. The number of rotatable bonds is 6. The van der Waals surface area contributed by atoms with Gasteiger partial charge in [-0.15, -0.1) is 20.4 Å². The van der Waals surface area contributed by atoms with E-state index in [0.29, 0.717) is 35.0 Å². The number of hydrogen-bond donors (Lipinski definition) is 0. The van der Waals surface area contributed by atoms with Gasteiger partial charge in [-0.1, -0.05) is 48.5 Å². The molecule has 0 fully saturated rings. The van der Waals surface area contributed by atoms with Gasteiger partial charge in [-0.25, -0.2) is 9.97 Å². The molecular formula is C34H20N8O2. The maximum absolute atomic E-state index is 6.14. The molecule has 0 bridgehead atoms. The van der Waals surface area contributed by atoms with Crippen molar-refractivity contribution in [3.63, 3.8) is 0 Å². The van der Waals surface area contributed by atoms with Crippen molar-refractivity contribution in [1.29, 1.82) is 0 Å². The molecule has 0 aliphatic rings. The number of fused-ring (bicyclic) bond motifs is 1. The van der Waals surface area contributed by atoms with E-state index in [1.54, 1.807) is 12.4 Å². The Balaban J connectivity index is 1.13. The highest BCUT2D eigenvalue weighted by molar-refractivity contribution is 6.02. The Labute approximate surface area is 250 Å². The minimum Gasteiger partial charge on any atom is -0.415 e. The monoisotopic (exact) mass is 572 g/mol. The van der Waals surface area contributed by atoms with Crippen LogP contribution in [-0.4, -0.2) is 40.3 Å². The molecule has 0 N–H and O–H groups in total. The van der Waals surface area contributed by atoms with Gasteiger partial charge in [0.1, 0.15) is 11.4 Å². The van der Waals surface area contributed by atoms with E-state index >= 15 is 0 Å². The Bertz CT molecular complexity index is 2090. The molecule has 0 aliphatic heterocycles. The van der Waals surface area contributed by atoms with Crippen molar-refractivity contribution in [3.05, 3.63) is 122 Å². The number of aromatic nitrogens is 8. The summed E-state index contributed by atoms with van der Waals surface area (Å²) in [6.07, 6.45) is 3.47. The lowest BCUT2D eigenvalue weighted by Gasteiger charge is -2.07. The summed E-state index contributed by atoms with van der Waals surface area (Å²) in [6.45, 7) is 0. The van der Waals surface area contributed by atoms with Gasteiger partial charge in [0.15, 0.2) is 0 Å². The maximum atomic E-state index is 6.14. The third-order valence-electron chi connectivity index (χ3n) is 7.03. The standard InChI is InChI=1S/C34H20N8O2/c1-2-10-22-21(9-1)23(31-39-41-33(43-31)29-15-7-13-27(37-29)25-11-3-5-19-35-25)17-18-24(22)32-40-42-34(44-32)30-16-8-14-28(38-30)26-12-4-6-20-36-26/h1-20H. The molecule has 0 amide bonds. The van der Waals surface area contributed by atoms with E-state index in [4.69, 9.17) is 18.8 Å². The summed E-state index contributed by atoms with van der Waals surface area (Å²) in [5.41, 5.74) is 5.62. The molecule has 0 saturated heterocycles. The first kappa shape index (κ1) is 25.3. The molecule has 6 aromatic heterocycles. The van der Waals surface area contributed by atoms with Crippen LogP contribution in [0.1, 0.15) is 0 Å². The molecule has 10 nitrogen and oxygen atoms in total. The van der Waals surface area contributed by atoms with E-state index in [1.165, 1.54) is 0 Å². The van der Waals surface area contributed by atoms with Gasteiger partial charge in [0.05, 0.1) is 22.8 Å². The van der Waals surface area contributed by atoms with Crippen LogP contribution >= 0.6 is 0 Å². The topological polar surface area (TPSA) is 129 Å². The van der Waals surface area contributed by atoms with Gasteiger partial charge in [-0.05, 0) is 71.4 Å². The maximum Gasteiger partial charge on any atom is 0.266 e. The number of hydrogen-bond acceptors (Lipinski definition) is 10. The van der Waals surface area contributed by atoms with Crippen molar-refractivity contribution in [3.8, 4) is 68.9 Å². The minimum absolute atomic E-state index is 0.313. The normalized spacial score (nSPS) is 11.2. The molecule has 0 atom stereocenters. The summed E-state index contributed by atoms with van der Waals surface area (Å²) >= 11 is 0. The highest BCUT2D eigenvalue weighted by Crippen LogP contribution is 2.36. The van der Waals surface area contributed by atoms with E-state index in [9.17, 15) is 0 Å². The second-order valence-electron chi connectivity index (χ2n) is 9.78. The number of benzene rings is 2. The molecule has 0 spiro atoms. The molecule has 6 heterocycles. The van der Waals surface area contributed by atoms with Crippen molar-refractivity contribution >= 4 is 10.8 Å². The van der Waals surface area contributed by atoms with Gasteiger partial charge < -0.3 is 8.83 Å². The van der Waals surface area contributed by atoms with Crippen LogP contribution in [0.5, 0.6) is 0 Å². The van der Waals surface area contributed by atoms with Crippen LogP contribution in [0.4, 0.5) is 0 Å². The van der Waals surface area contributed by atoms with Gasteiger partial charge in [0, 0.05) is 23.5 Å². The van der Waals surface area contributed by atoms with Gasteiger partial charge in [0.2, 0.25) is 11.8 Å². The summed E-state index contributed by atoms with van der Waals surface area (Å²) in [7, 11) is 0.